The number of rotatable bonds is 0. The van der Waals surface area contributed by atoms with Crippen LogP contribution in [0.25, 0.3) is 0 Å². The van der Waals surface area contributed by atoms with Gasteiger partial charge < -0.3 is 4.42 Å². The van der Waals surface area contributed by atoms with Gasteiger partial charge in [0.15, 0.2) is 0 Å². The van der Waals surface area contributed by atoms with Crippen molar-refractivity contribution in [2.24, 2.45) is 17.8 Å². The third kappa shape index (κ3) is 2.89. The average molecular weight is 302 g/mol. The van der Waals surface area contributed by atoms with Crippen LogP contribution in [0.4, 0.5) is 0 Å². The standard InChI is InChI=1S/C20H30O2/c1-13-5-7-16-8-6-15-12-22-18(19(15)20(16,3)4)11-14(2)10-17(21)9-13/h12-14,16H,5-11H2,1-4H3. The fraction of sp³-hybridized carbons (Fsp3) is 0.750. The van der Waals surface area contributed by atoms with E-state index in [1.807, 2.05) is 6.26 Å². The lowest BCUT2D eigenvalue weighted by Crippen LogP contribution is -2.35. The van der Waals surface area contributed by atoms with Gasteiger partial charge in [0.2, 0.25) is 0 Å². The Labute approximate surface area is 134 Å². The number of hydrogen-bond donors (Lipinski definition) is 0. The Kier molecular flexibility index (Phi) is 4.22. The van der Waals surface area contributed by atoms with E-state index >= 15 is 0 Å². The predicted molar refractivity (Wildman–Crippen MR) is 89.1 cm³/mol. The Morgan fingerprint density at radius 2 is 1.77 bits per heavy atom. The van der Waals surface area contributed by atoms with Gasteiger partial charge >= 0.3 is 0 Å². The molecule has 2 heteroatoms. The summed E-state index contributed by atoms with van der Waals surface area (Å²) in [4.78, 5) is 12.2. The molecule has 2 nitrogen and oxygen atoms in total. The van der Waals surface area contributed by atoms with E-state index in [0.29, 0.717) is 30.0 Å². The Balaban J connectivity index is 1.97. The smallest absolute Gasteiger partial charge is 0.133 e. The first-order valence-electron chi connectivity index (χ1n) is 8.99. The average Bonchev–Trinajstić information content (AvgIpc) is 2.80. The Hall–Kier alpha value is -1.05. The van der Waals surface area contributed by atoms with E-state index < -0.39 is 0 Å². The minimum atomic E-state index is 0.207. The molecule has 0 N–H and O–H groups in total. The summed E-state index contributed by atoms with van der Waals surface area (Å²) in [6, 6.07) is 0. The molecule has 0 fully saturated rings. The lowest BCUT2D eigenvalue weighted by Gasteiger charge is -2.40. The van der Waals surface area contributed by atoms with Crippen molar-refractivity contribution in [3.8, 4) is 0 Å². The second kappa shape index (κ2) is 5.86. The van der Waals surface area contributed by atoms with Gasteiger partial charge in [0.1, 0.15) is 11.5 Å². The van der Waals surface area contributed by atoms with Crippen LogP contribution >= 0.6 is 0 Å². The largest absolute Gasteiger partial charge is 0.469 e. The number of aryl methyl sites for hydroxylation is 1. The second-order valence-electron chi connectivity index (χ2n) is 8.46. The molecule has 2 bridgehead atoms. The normalized spacial score (nSPS) is 32.2. The van der Waals surface area contributed by atoms with Crippen LogP contribution in [-0.2, 0) is 23.1 Å². The molecule has 2 aliphatic carbocycles. The van der Waals surface area contributed by atoms with Crippen molar-refractivity contribution in [1.29, 1.82) is 0 Å². The summed E-state index contributed by atoms with van der Waals surface area (Å²) in [6.45, 7) is 9.25. The molecule has 2 aliphatic rings. The quantitative estimate of drug-likeness (QED) is 0.669. The number of Topliss-reactive ketones (excluding diaryl/α,β-unsaturated/α-hetero) is 1. The molecule has 1 aromatic heterocycles. The molecule has 0 amide bonds. The highest BCUT2D eigenvalue weighted by Crippen LogP contribution is 2.46. The van der Waals surface area contributed by atoms with E-state index in [2.05, 4.69) is 27.7 Å². The lowest BCUT2D eigenvalue weighted by atomic mass is 9.63. The highest BCUT2D eigenvalue weighted by atomic mass is 16.3. The van der Waals surface area contributed by atoms with Crippen LogP contribution in [0.3, 0.4) is 0 Å². The van der Waals surface area contributed by atoms with E-state index in [9.17, 15) is 4.79 Å². The van der Waals surface area contributed by atoms with Crippen molar-refractivity contribution in [2.75, 3.05) is 0 Å². The lowest BCUT2D eigenvalue weighted by molar-refractivity contribution is -0.120. The van der Waals surface area contributed by atoms with Crippen molar-refractivity contribution in [3.63, 3.8) is 0 Å². The summed E-state index contributed by atoms with van der Waals surface area (Å²) < 4.78 is 5.96. The van der Waals surface area contributed by atoms with E-state index in [4.69, 9.17) is 4.42 Å². The Morgan fingerprint density at radius 1 is 1.05 bits per heavy atom. The van der Waals surface area contributed by atoms with Crippen molar-refractivity contribution in [3.05, 3.63) is 23.2 Å². The van der Waals surface area contributed by atoms with E-state index in [0.717, 1.165) is 25.0 Å². The summed E-state index contributed by atoms with van der Waals surface area (Å²) in [5, 5.41) is 0. The molecule has 0 saturated carbocycles. The van der Waals surface area contributed by atoms with Gasteiger partial charge in [0, 0.05) is 24.8 Å². The molecule has 3 rings (SSSR count). The van der Waals surface area contributed by atoms with Gasteiger partial charge in [-0.05, 0) is 54.4 Å². The molecule has 0 aromatic carbocycles. The maximum absolute atomic E-state index is 12.2. The van der Waals surface area contributed by atoms with Crippen molar-refractivity contribution in [1.82, 2.24) is 0 Å². The Bertz CT molecular complexity index is 552. The first kappa shape index (κ1) is 15.8. The summed E-state index contributed by atoms with van der Waals surface area (Å²) in [6.07, 6.45) is 9.18. The maximum Gasteiger partial charge on any atom is 0.133 e. The number of fused-ring (bicyclic) bond motifs is 1. The Morgan fingerprint density at radius 3 is 2.55 bits per heavy atom. The van der Waals surface area contributed by atoms with Crippen LogP contribution in [0.15, 0.2) is 10.7 Å². The third-order valence-electron chi connectivity index (χ3n) is 6.06. The van der Waals surface area contributed by atoms with E-state index in [1.165, 1.54) is 30.4 Å². The van der Waals surface area contributed by atoms with Gasteiger partial charge in [-0.3, -0.25) is 4.79 Å². The molecule has 3 unspecified atom stereocenters. The maximum atomic E-state index is 12.2. The molecule has 1 heterocycles. The molecule has 0 radical (unpaired) electrons. The van der Waals surface area contributed by atoms with Crippen LogP contribution < -0.4 is 0 Å². The minimum Gasteiger partial charge on any atom is -0.469 e. The molecule has 0 aliphatic heterocycles. The van der Waals surface area contributed by atoms with Crippen LogP contribution in [0.2, 0.25) is 0 Å². The first-order chi connectivity index (χ1) is 10.4. The van der Waals surface area contributed by atoms with E-state index in [1.54, 1.807) is 0 Å². The minimum absolute atomic E-state index is 0.207. The van der Waals surface area contributed by atoms with Gasteiger partial charge in [0.25, 0.3) is 0 Å². The zero-order valence-corrected chi connectivity index (χ0v) is 14.6. The molecule has 1 aromatic rings. The zero-order valence-electron chi connectivity index (χ0n) is 14.6. The van der Waals surface area contributed by atoms with Crippen molar-refractivity contribution in [2.45, 2.75) is 78.1 Å². The topological polar surface area (TPSA) is 30.2 Å². The SMILES string of the molecule is CC1CCC2CCc3coc(c3C2(C)C)CC(C)CC(=O)C1. The molecule has 122 valence electrons. The van der Waals surface area contributed by atoms with Gasteiger partial charge in [-0.1, -0.05) is 27.7 Å². The molecule has 22 heavy (non-hydrogen) atoms. The molecule has 3 atom stereocenters. The van der Waals surface area contributed by atoms with Gasteiger partial charge in [-0.15, -0.1) is 0 Å². The molecular formula is C20H30O2. The van der Waals surface area contributed by atoms with Crippen LogP contribution in [0.5, 0.6) is 0 Å². The van der Waals surface area contributed by atoms with E-state index in [-0.39, 0.29) is 5.41 Å². The summed E-state index contributed by atoms with van der Waals surface area (Å²) >= 11 is 0. The number of ketones is 1. The highest BCUT2D eigenvalue weighted by molar-refractivity contribution is 5.78. The molecule has 0 saturated heterocycles. The third-order valence-corrected chi connectivity index (χ3v) is 6.06. The van der Waals surface area contributed by atoms with Gasteiger partial charge in [-0.25, -0.2) is 0 Å². The van der Waals surface area contributed by atoms with Gasteiger partial charge in [0.05, 0.1) is 6.26 Å². The first-order valence-corrected chi connectivity index (χ1v) is 8.99. The highest BCUT2D eigenvalue weighted by Gasteiger charge is 2.40. The van der Waals surface area contributed by atoms with Crippen molar-refractivity contribution < 1.29 is 9.21 Å². The molecule has 0 spiro atoms. The molecular weight excluding hydrogens is 272 g/mol. The summed E-state index contributed by atoms with van der Waals surface area (Å²) in [7, 11) is 0. The predicted octanol–water partition coefficient (Wildman–Crippen LogP) is 5.08. The second-order valence-corrected chi connectivity index (χ2v) is 8.46. The summed E-state index contributed by atoms with van der Waals surface area (Å²) in [5.74, 6) is 3.20. The number of carbonyl (C=O) groups is 1. The van der Waals surface area contributed by atoms with Crippen LogP contribution in [0.1, 0.15) is 76.7 Å². The van der Waals surface area contributed by atoms with Crippen molar-refractivity contribution >= 4 is 5.78 Å². The zero-order chi connectivity index (χ0) is 15.9. The fourth-order valence-electron chi connectivity index (χ4n) is 4.78. The number of carbonyl (C=O) groups excluding carboxylic acids is 1. The number of furan rings is 1. The summed E-state index contributed by atoms with van der Waals surface area (Å²) in [5.41, 5.74) is 3.09. The van der Waals surface area contributed by atoms with Crippen LogP contribution in [0, 0.1) is 17.8 Å². The fourth-order valence-corrected chi connectivity index (χ4v) is 4.78. The van der Waals surface area contributed by atoms with Crippen LogP contribution in [-0.4, -0.2) is 5.78 Å². The number of hydrogen-bond acceptors (Lipinski definition) is 2. The monoisotopic (exact) mass is 302 g/mol. The van der Waals surface area contributed by atoms with Gasteiger partial charge in [-0.2, -0.15) is 0 Å².